The third-order valence-corrected chi connectivity index (χ3v) is 9.50. The van der Waals surface area contributed by atoms with Crippen LogP contribution in [-0.2, 0) is 36.7 Å². The van der Waals surface area contributed by atoms with Gasteiger partial charge in [0.25, 0.3) is 5.56 Å². The van der Waals surface area contributed by atoms with Gasteiger partial charge in [-0.05, 0) is 12.1 Å². The molecule has 44 heavy (non-hydrogen) atoms. The monoisotopic (exact) mass is 656 g/mol. The fraction of sp³-hybridized carbons (Fsp3) is 0.455. The number of nitrogens with two attached hydrogens (primary N) is 2. The molecular weight excluding hydrogens is 630 g/mol. The Morgan fingerprint density at radius 2 is 1.70 bits per heavy atom. The SMILES string of the molecule is Nc1nc2c(ncn2[C@@H]2O[C@@H]3COP(=O)(O)O[C@@H]4C[C@H](n5ccc6c(N)ccnc65)O[C@@H]4COP(=O)(O)OC2[C@H]3O)c(=O)[nH]1. The fourth-order valence-electron chi connectivity index (χ4n) is 5.49. The van der Waals surface area contributed by atoms with Crippen LogP contribution in [0.25, 0.3) is 22.2 Å². The summed E-state index contributed by atoms with van der Waals surface area (Å²) in [4.78, 5) is 48.2. The average Bonchev–Trinajstić information content (AvgIpc) is 3.72. The second-order valence-electron chi connectivity index (χ2n) is 10.3. The number of ether oxygens (including phenoxy) is 2. The largest absolute Gasteiger partial charge is 0.472 e. The Bertz CT molecular complexity index is 1900. The second-order valence-corrected chi connectivity index (χ2v) is 13.1. The highest BCUT2D eigenvalue weighted by molar-refractivity contribution is 7.47. The normalized spacial score (nSPS) is 36.6. The zero-order valence-corrected chi connectivity index (χ0v) is 24.1. The Labute approximate surface area is 245 Å². The molecule has 22 heteroatoms. The molecule has 3 unspecified atom stereocenters. The number of nitrogens with one attached hydrogen (secondary N) is 1. The van der Waals surface area contributed by atoms with Crippen LogP contribution in [0, 0.1) is 0 Å². The molecule has 9 atom stereocenters. The first-order valence-corrected chi connectivity index (χ1v) is 16.1. The number of nitrogen functional groups attached to an aromatic ring is 2. The zero-order chi connectivity index (χ0) is 31.0. The van der Waals surface area contributed by atoms with E-state index >= 15 is 0 Å². The topological polar surface area (TPSA) is 284 Å². The third kappa shape index (κ3) is 5.23. The van der Waals surface area contributed by atoms with Crippen molar-refractivity contribution in [3.8, 4) is 0 Å². The van der Waals surface area contributed by atoms with Crippen molar-refractivity contribution in [2.45, 2.75) is 49.4 Å². The molecule has 236 valence electrons. The van der Waals surface area contributed by atoms with Crippen LogP contribution >= 0.6 is 15.6 Å². The van der Waals surface area contributed by atoms with Gasteiger partial charge in [0.1, 0.15) is 42.4 Å². The van der Waals surface area contributed by atoms with Gasteiger partial charge in [-0.2, -0.15) is 4.98 Å². The molecule has 2 bridgehead atoms. The van der Waals surface area contributed by atoms with Gasteiger partial charge in [-0.25, -0.2) is 19.1 Å². The van der Waals surface area contributed by atoms with Gasteiger partial charge in [-0.1, -0.05) is 0 Å². The smallest absolute Gasteiger partial charge is 0.398 e. The number of aliphatic hydroxyl groups excluding tert-OH is 1. The molecule has 0 amide bonds. The molecule has 3 saturated heterocycles. The number of fused-ring (bicyclic) bond motifs is 5. The first kappa shape index (κ1) is 29.5. The van der Waals surface area contributed by atoms with Gasteiger partial charge < -0.3 is 40.4 Å². The van der Waals surface area contributed by atoms with Crippen LogP contribution in [0.5, 0.6) is 0 Å². The van der Waals surface area contributed by atoms with Crippen LogP contribution in [0.15, 0.2) is 35.6 Å². The number of hydrogen-bond donors (Lipinski definition) is 6. The third-order valence-electron chi connectivity index (χ3n) is 7.50. The van der Waals surface area contributed by atoms with Crippen LogP contribution < -0.4 is 17.0 Å². The molecule has 0 saturated carbocycles. The molecule has 3 aliphatic heterocycles. The second kappa shape index (κ2) is 10.7. The molecular formula is C22H26N8O12P2. The number of H-pyrrole nitrogens is 1. The van der Waals surface area contributed by atoms with Crippen molar-refractivity contribution >= 4 is 49.5 Å². The van der Waals surface area contributed by atoms with Crippen LogP contribution in [0.2, 0.25) is 0 Å². The van der Waals surface area contributed by atoms with Gasteiger partial charge in [0, 0.05) is 29.9 Å². The molecule has 3 aliphatic rings. The van der Waals surface area contributed by atoms with Crippen LogP contribution in [0.3, 0.4) is 0 Å². The number of nitrogens with zero attached hydrogens (tertiary/aromatic N) is 5. The molecule has 3 fully saturated rings. The first-order chi connectivity index (χ1) is 20.9. The standard InChI is InChI=1S/C22H26N8O12P2/c23-10-1-3-25-18-9(10)2-4-29(18)14-5-11-12(39-14)6-37-44(35,36)42-17-16(31)13(7-38-43(33,34)41-11)40-21(17)30-8-26-15-19(30)27-22(24)28-20(15)32/h1-4,8,11-14,16-17,21,31H,5-7H2,(H2,23,25)(H,33,34)(H,35,36)(H3,24,27,28,32)/t11-,12-,13-,14-,16+,17?,21-/m1/s1. The van der Waals surface area contributed by atoms with Gasteiger partial charge in [0.05, 0.1) is 19.5 Å². The molecule has 7 heterocycles. The summed E-state index contributed by atoms with van der Waals surface area (Å²) < 4.78 is 62.1. The number of aliphatic hydroxyl groups is 1. The highest BCUT2D eigenvalue weighted by atomic mass is 31.2. The van der Waals surface area contributed by atoms with Gasteiger partial charge in [-0.15, -0.1) is 0 Å². The van der Waals surface area contributed by atoms with Crippen molar-refractivity contribution in [1.82, 2.24) is 29.1 Å². The van der Waals surface area contributed by atoms with E-state index in [0.29, 0.717) is 16.7 Å². The Morgan fingerprint density at radius 3 is 2.50 bits per heavy atom. The molecule has 0 radical (unpaired) electrons. The highest BCUT2D eigenvalue weighted by Gasteiger charge is 2.52. The summed E-state index contributed by atoms with van der Waals surface area (Å²) in [5.74, 6) is -0.256. The Hall–Kier alpha value is -3.26. The number of pyridine rings is 1. The van der Waals surface area contributed by atoms with Crippen molar-refractivity contribution in [3.63, 3.8) is 0 Å². The van der Waals surface area contributed by atoms with E-state index in [1.54, 1.807) is 22.9 Å². The molecule has 4 aromatic heterocycles. The van der Waals surface area contributed by atoms with E-state index in [1.807, 2.05) is 0 Å². The molecule has 8 N–H and O–H groups in total. The molecule has 7 rings (SSSR count). The van der Waals surface area contributed by atoms with Gasteiger partial charge in [0.15, 0.2) is 17.4 Å². The molecule has 0 aromatic carbocycles. The lowest BCUT2D eigenvalue weighted by Gasteiger charge is -2.25. The van der Waals surface area contributed by atoms with E-state index in [2.05, 4.69) is 19.9 Å². The summed E-state index contributed by atoms with van der Waals surface area (Å²) in [7, 11) is -9.83. The van der Waals surface area contributed by atoms with Crippen molar-refractivity contribution in [2.24, 2.45) is 0 Å². The lowest BCUT2D eigenvalue weighted by Crippen LogP contribution is -2.35. The molecule has 20 nitrogen and oxygen atoms in total. The number of phosphoric ester groups is 2. The average molecular weight is 656 g/mol. The van der Waals surface area contributed by atoms with E-state index in [-0.39, 0.29) is 23.5 Å². The molecule has 4 aromatic rings. The number of aromatic amines is 1. The Balaban J connectivity index is 1.19. The van der Waals surface area contributed by atoms with Crippen molar-refractivity contribution in [3.05, 3.63) is 41.2 Å². The summed E-state index contributed by atoms with van der Waals surface area (Å²) in [5.41, 5.74) is 11.7. The van der Waals surface area contributed by atoms with Gasteiger partial charge in [0.2, 0.25) is 5.95 Å². The van der Waals surface area contributed by atoms with Gasteiger partial charge in [-0.3, -0.25) is 32.4 Å². The van der Waals surface area contributed by atoms with Crippen LogP contribution in [-0.4, -0.2) is 87.7 Å². The Kier molecular flexibility index (Phi) is 7.15. The highest BCUT2D eigenvalue weighted by Crippen LogP contribution is 2.53. The maximum Gasteiger partial charge on any atom is 0.472 e. The predicted molar refractivity (Wildman–Crippen MR) is 146 cm³/mol. The summed E-state index contributed by atoms with van der Waals surface area (Å²) in [6.07, 6.45) is -4.99. The number of phosphoric acid groups is 2. The summed E-state index contributed by atoms with van der Waals surface area (Å²) in [5, 5.41) is 11.7. The van der Waals surface area contributed by atoms with Crippen LogP contribution in [0.4, 0.5) is 11.6 Å². The fourth-order valence-corrected chi connectivity index (χ4v) is 7.38. The number of aromatic nitrogens is 6. The van der Waals surface area contributed by atoms with E-state index in [0.717, 1.165) is 10.9 Å². The maximum atomic E-state index is 13.2. The van der Waals surface area contributed by atoms with Gasteiger partial charge >= 0.3 is 15.6 Å². The summed E-state index contributed by atoms with van der Waals surface area (Å²) in [6.45, 7) is -1.35. The minimum absolute atomic E-state index is 0.00496. The number of imidazole rings is 1. The minimum atomic E-state index is -4.99. The van der Waals surface area contributed by atoms with Crippen molar-refractivity contribution < 1.29 is 51.6 Å². The van der Waals surface area contributed by atoms with E-state index in [9.17, 15) is 28.8 Å². The van der Waals surface area contributed by atoms with E-state index in [4.69, 9.17) is 39.0 Å². The van der Waals surface area contributed by atoms with Crippen molar-refractivity contribution in [1.29, 1.82) is 0 Å². The summed E-state index contributed by atoms with van der Waals surface area (Å²) >= 11 is 0. The molecule has 0 spiro atoms. The lowest BCUT2D eigenvalue weighted by molar-refractivity contribution is -0.0669. The summed E-state index contributed by atoms with van der Waals surface area (Å²) in [6, 6.07) is 3.36. The maximum absolute atomic E-state index is 13.2. The zero-order valence-electron chi connectivity index (χ0n) is 22.4. The van der Waals surface area contributed by atoms with E-state index in [1.165, 1.54) is 6.20 Å². The number of rotatable bonds is 2. The van der Waals surface area contributed by atoms with Crippen molar-refractivity contribution in [2.75, 3.05) is 24.7 Å². The predicted octanol–water partition coefficient (Wildman–Crippen LogP) is -0.102. The number of anilines is 2. The van der Waals surface area contributed by atoms with E-state index < -0.39 is 77.4 Å². The lowest BCUT2D eigenvalue weighted by atomic mass is 10.1. The number of hydrogen-bond acceptors (Lipinski definition) is 15. The first-order valence-electron chi connectivity index (χ1n) is 13.1. The van der Waals surface area contributed by atoms with Crippen LogP contribution in [0.1, 0.15) is 18.9 Å². The Morgan fingerprint density at radius 1 is 0.955 bits per heavy atom. The molecule has 0 aliphatic carbocycles. The quantitative estimate of drug-likeness (QED) is 0.154. The minimum Gasteiger partial charge on any atom is -0.398 e.